The fourth-order valence-electron chi connectivity index (χ4n) is 3.70. The molecular weight excluding hydrogens is 300 g/mol. The summed E-state index contributed by atoms with van der Waals surface area (Å²) in [6.45, 7) is 1.01. The zero-order valence-corrected chi connectivity index (χ0v) is 13.9. The summed E-state index contributed by atoms with van der Waals surface area (Å²) in [7, 11) is 3.55. The summed E-state index contributed by atoms with van der Waals surface area (Å²) in [5.74, 6) is -0.301. The van der Waals surface area contributed by atoms with Gasteiger partial charge >= 0.3 is 5.97 Å². The highest BCUT2D eigenvalue weighted by atomic mass is 16.5. The van der Waals surface area contributed by atoms with Gasteiger partial charge in [0.05, 0.1) is 18.7 Å². The summed E-state index contributed by atoms with van der Waals surface area (Å²) in [4.78, 5) is 17.6. The van der Waals surface area contributed by atoms with Crippen LogP contribution in [0.3, 0.4) is 0 Å². The zero-order valence-electron chi connectivity index (χ0n) is 13.9. The average molecular weight is 320 g/mol. The Balaban J connectivity index is 1.79. The van der Waals surface area contributed by atoms with Crippen molar-refractivity contribution in [2.45, 2.75) is 12.5 Å². The van der Waals surface area contributed by atoms with Crippen molar-refractivity contribution in [3.63, 3.8) is 0 Å². The molecule has 3 aromatic rings. The highest BCUT2D eigenvalue weighted by Crippen LogP contribution is 2.37. The third kappa shape index (κ3) is 2.31. The van der Waals surface area contributed by atoms with Crippen LogP contribution in [0.4, 0.5) is 0 Å². The van der Waals surface area contributed by atoms with E-state index in [0.717, 1.165) is 13.0 Å². The van der Waals surface area contributed by atoms with E-state index in [1.54, 1.807) is 0 Å². The van der Waals surface area contributed by atoms with E-state index in [0.29, 0.717) is 5.56 Å². The first-order valence-electron chi connectivity index (χ1n) is 8.17. The number of aromatic nitrogens is 1. The Bertz CT molecular complexity index is 896. The Morgan fingerprint density at radius 2 is 1.92 bits per heavy atom. The van der Waals surface area contributed by atoms with Crippen LogP contribution < -0.4 is 0 Å². The van der Waals surface area contributed by atoms with Gasteiger partial charge in [-0.3, -0.25) is 4.90 Å². The number of fused-ring (bicyclic) bond motifs is 3. The number of nitrogens with one attached hydrogen (secondary N) is 1. The molecule has 4 nitrogen and oxygen atoms in total. The molecule has 24 heavy (non-hydrogen) atoms. The van der Waals surface area contributed by atoms with Crippen molar-refractivity contribution in [3.8, 4) is 0 Å². The fraction of sp³-hybridized carbons (Fsp3) is 0.250. The number of nitrogens with zero attached hydrogens (tertiary/aromatic N) is 1. The molecule has 1 aromatic heterocycles. The summed E-state index contributed by atoms with van der Waals surface area (Å²) in [6.07, 6.45) is 1.05. The summed E-state index contributed by atoms with van der Waals surface area (Å²) < 4.78 is 4.78. The van der Waals surface area contributed by atoms with Gasteiger partial charge in [0.1, 0.15) is 0 Å². The highest BCUT2D eigenvalue weighted by molar-refractivity contribution is 5.89. The summed E-state index contributed by atoms with van der Waals surface area (Å²) in [6, 6.07) is 16.4. The van der Waals surface area contributed by atoms with Crippen LogP contribution in [0.1, 0.15) is 33.2 Å². The van der Waals surface area contributed by atoms with Gasteiger partial charge in [0.25, 0.3) is 0 Å². The Hall–Kier alpha value is -2.59. The van der Waals surface area contributed by atoms with Gasteiger partial charge in [-0.25, -0.2) is 4.79 Å². The molecule has 2 aromatic carbocycles. The SMILES string of the molecule is COC(=O)c1ccc([C@H]2c3[nH]c4ccccc4c3CCN2C)cc1. The number of hydrogen-bond acceptors (Lipinski definition) is 3. The maximum absolute atomic E-state index is 11.6. The summed E-state index contributed by atoms with van der Waals surface area (Å²) in [5.41, 5.74) is 5.62. The van der Waals surface area contributed by atoms with Crippen LogP contribution in [0.5, 0.6) is 0 Å². The normalized spacial score (nSPS) is 17.7. The van der Waals surface area contributed by atoms with Crippen molar-refractivity contribution < 1.29 is 9.53 Å². The number of esters is 1. The molecule has 1 atom stereocenters. The third-order valence-electron chi connectivity index (χ3n) is 4.92. The number of H-pyrrole nitrogens is 1. The van der Waals surface area contributed by atoms with Gasteiger partial charge in [-0.05, 0) is 42.8 Å². The molecule has 0 unspecified atom stereocenters. The molecule has 2 heterocycles. The smallest absolute Gasteiger partial charge is 0.337 e. The predicted octanol–water partition coefficient (Wildman–Crippen LogP) is 3.53. The molecule has 0 amide bonds. The van der Waals surface area contributed by atoms with Crippen LogP contribution in [0.25, 0.3) is 10.9 Å². The second-order valence-electron chi connectivity index (χ2n) is 6.31. The van der Waals surface area contributed by atoms with E-state index in [1.165, 1.54) is 34.8 Å². The Kier molecular flexibility index (Phi) is 3.62. The number of ether oxygens (including phenoxy) is 1. The first-order valence-corrected chi connectivity index (χ1v) is 8.17. The molecule has 0 radical (unpaired) electrons. The molecule has 1 aliphatic heterocycles. The monoisotopic (exact) mass is 320 g/mol. The van der Waals surface area contributed by atoms with E-state index in [2.05, 4.69) is 41.2 Å². The van der Waals surface area contributed by atoms with Gasteiger partial charge in [-0.15, -0.1) is 0 Å². The van der Waals surface area contributed by atoms with Crippen molar-refractivity contribution in [2.24, 2.45) is 0 Å². The number of likely N-dealkylation sites (N-methyl/N-ethyl adjacent to an activating group) is 1. The quantitative estimate of drug-likeness (QED) is 0.735. The second kappa shape index (κ2) is 5.80. The molecule has 122 valence electrons. The number of carbonyl (C=O) groups excluding carboxylic acids is 1. The van der Waals surface area contributed by atoms with Crippen LogP contribution in [0, 0.1) is 0 Å². The largest absolute Gasteiger partial charge is 0.465 e. The fourth-order valence-corrected chi connectivity index (χ4v) is 3.70. The second-order valence-corrected chi connectivity index (χ2v) is 6.31. The van der Waals surface area contributed by atoms with E-state index >= 15 is 0 Å². The standard InChI is InChI=1S/C20H20N2O2/c1-22-12-11-16-15-5-3-4-6-17(15)21-18(16)19(22)13-7-9-14(10-8-13)20(23)24-2/h3-10,19,21H,11-12H2,1-2H3/t19-/m0/s1. The molecular formula is C20H20N2O2. The molecule has 1 N–H and O–H groups in total. The molecule has 4 heteroatoms. The van der Waals surface area contributed by atoms with E-state index in [1.807, 2.05) is 24.3 Å². The van der Waals surface area contributed by atoms with Gasteiger partial charge in [0.2, 0.25) is 0 Å². The third-order valence-corrected chi connectivity index (χ3v) is 4.92. The number of para-hydroxylation sites is 1. The molecule has 1 aliphatic rings. The van der Waals surface area contributed by atoms with Crippen molar-refractivity contribution in [1.82, 2.24) is 9.88 Å². The molecule has 0 fully saturated rings. The Morgan fingerprint density at radius 1 is 1.17 bits per heavy atom. The van der Waals surface area contributed by atoms with Crippen molar-refractivity contribution in [3.05, 3.63) is 70.9 Å². The first kappa shape index (κ1) is 15.0. The minimum atomic E-state index is -0.301. The Morgan fingerprint density at radius 3 is 2.67 bits per heavy atom. The molecule has 0 bridgehead atoms. The van der Waals surface area contributed by atoms with Crippen molar-refractivity contribution in [1.29, 1.82) is 0 Å². The lowest BCUT2D eigenvalue weighted by molar-refractivity contribution is 0.0600. The molecule has 0 saturated carbocycles. The zero-order chi connectivity index (χ0) is 16.7. The maximum atomic E-state index is 11.6. The van der Waals surface area contributed by atoms with Gasteiger partial charge in [-0.2, -0.15) is 0 Å². The maximum Gasteiger partial charge on any atom is 0.337 e. The van der Waals surface area contributed by atoms with Gasteiger partial charge < -0.3 is 9.72 Å². The van der Waals surface area contributed by atoms with Crippen LogP contribution in [-0.4, -0.2) is 36.6 Å². The van der Waals surface area contributed by atoms with E-state index < -0.39 is 0 Å². The van der Waals surface area contributed by atoms with Crippen LogP contribution in [-0.2, 0) is 11.2 Å². The van der Waals surface area contributed by atoms with Gasteiger partial charge in [0, 0.05) is 23.1 Å². The molecule has 0 saturated heterocycles. The van der Waals surface area contributed by atoms with Crippen LogP contribution >= 0.6 is 0 Å². The summed E-state index contributed by atoms with van der Waals surface area (Å²) in [5, 5.41) is 1.32. The predicted molar refractivity (Wildman–Crippen MR) is 94.3 cm³/mol. The van der Waals surface area contributed by atoms with Gasteiger partial charge in [-0.1, -0.05) is 30.3 Å². The highest BCUT2D eigenvalue weighted by Gasteiger charge is 2.29. The van der Waals surface area contributed by atoms with E-state index in [4.69, 9.17) is 4.74 Å². The number of benzene rings is 2. The van der Waals surface area contributed by atoms with Crippen LogP contribution in [0.2, 0.25) is 0 Å². The Labute approximate surface area is 141 Å². The van der Waals surface area contributed by atoms with E-state index in [9.17, 15) is 4.79 Å². The lowest BCUT2D eigenvalue weighted by Crippen LogP contribution is -2.32. The number of aromatic amines is 1. The average Bonchev–Trinajstić information content (AvgIpc) is 2.99. The minimum Gasteiger partial charge on any atom is -0.465 e. The number of carbonyl (C=O) groups is 1. The lowest BCUT2D eigenvalue weighted by atomic mass is 9.92. The van der Waals surface area contributed by atoms with Crippen LogP contribution in [0.15, 0.2) is 48.5 Å². The molecule has 4 rings (SSSR count). The minimum absolute atomic E-state index is 0.174. The topological polar surface area (TPSA) is 45.3 Å². The van der Waals surface area contributed by atoms with Gasteiger partial charge in [0.15, 0.2) is 0 Å². The lowest BCUT2D eigenvalue weighted by Gasteiger charge is -2.33. The van der Waals surface area contributed by atoms with Crippen molar-refractivity contribution >= 4 is 16.9 Å². The van der Waals surface area contributed by atoms with Crippen molar-refractivity contribution in [2.75, 3.05) is 20.7 Å². The molecule has 0 spiro atoms. The number of hydrogen-bond donors (Lipinski definition) is 1. The number of rotatable bonds is 2. The first-order chi connectivity index (χ1) is 11.7. The summed E-state index contributed by atoms with van der Waals surface area (Å²) >= 11 is 0. The number of methoxy groups -OCH3 is 1. The van der Waals surface area contributed by atoms with E-state index in [-0.39, 0.29) is 12.0 Å². The molecule has 0 aliphatic carbocycles.